The van der Waals surface area contributed by atoms with Gasteiger partial charge < -0.3 is 4.74 Å². The zero-order chi connectivity index (χ0) is 14.9. The number of rotatable bonds is 4. The molecule has 0 spiro atoms. The molecule has 0 saturated carbocycles. The summed E-state index contributed by atoms with van der Waals surface area (Å²) in [5, 5.41) is 4.84. The van der Waals surface area contributed by atoms with Gasteiger partial charge in [-0.05, 0) is 44.0 Å². The van der Waals surface area contributed by atoms with E-state index in [1.807, 2.05) is 32.9 Å². The molecule has 0 aliphatic carbocycles. The molecule has 4 nitrogen and oxygen atoms in total. The number of aryl methyl sites for hydroxylation is 4. The lowest BCUT2D eigenvalue weighted by Crippen LogP contribution is -2.01. The lowest BCUT2D eigenvalue weighted by Gasteiger charge is -2.12. The van der Waals surface area contributed by atoms with Gasteiger partial charge in [-0.15, -0.1) is 0 Å². The monoisotopic (exact) mass is 292 g/mol. The Morgan fingerprint density at radius 3 is 2.35 bits per heavy atom. The van der Waals surface area contributed by atoms with Crippen LogP contribution in [0.25, 0.3) is 0 Å². The van der Waals surface area contributed by atoms with Crippen LogP contribution in [0.4, 0.5) is 0 Å². The predicted molar refractivity (Wildman–Crippen MR) is 78.6 cm³/mol. The summed E-state index contributed by atoms with van der Waals surface area (Å²) in [4.78, 5) is 10.8. The Kier molecular flexibility index (Phi) is 4.14. The summed E-state index contributed by atoms with van der Waals surface area (Å²) in [6.45, 7) is 6.11. The third kappa shape index (κ3) is 2.70. The van der Waals surface area contributed by atoms with Crippen LogP contribution in [0.15, 0.2) is 12.1 Å². The van der Waals surface area contributed by atoms with E-state index in [0.29, 0.717) is 17.3 Å². The maximum Gasteiger partial charge on any atom is 0.150 e. The van der Waals surface area contributed by atoms with Gasteiger partial charge in [0.15, 0.2) is 0 Å². The van der Waals surface area contributed by atoms with Crippen LogP contribution in [0.1, 0.15) is 32.7 Å². The van der Waals surface area contributed by atoms with Crippen molar-refractivity contribution < 1.29 is 9.53 Å². The van der Waals surface area contributed by atoms with E-state index < -0.39 is 0 Å². The summed E-state index contributed by atoms with van der Waals surface area (Å²) in [6.07, 6.45) is 0.839. The van der Waals surface area contributed by atoms with E-state index in [1.54, 1.807) is 11.7 Å². The number of hydrogen-bond acceptors (Lipinski definition) is 3. The van der Waals surface area contributed by atoms with Gasteiger partial charge in [0.1, 0.15) is 23.8 Å². The van der Waals surface area contributed by atoms with Crippen LogP contribution in [0, 0.1) is 20.8 Å². The minimum atomic E-state index is 0.362. The molecule has 0 radical (unpaired) electrons. The second kappa shape index (κ2) is 5.67. The van der Waals surface area contributed by atoms with Crippen molar-refractivity contribution in [2.75, 3.05) is 0 Å². The van der Waals surface area contributed by atoms with Gasteiger partial charge >= 0.3 is 0 Å². The first kappa shape index (κ1) is 14.6. The average molecular weight is 293 g/mol. The van der Waals surface area contributed by atoms with E-state index in [4.69, 9.17) is 16.3 Å². The fourth-order valence-corrected chi connectivity index (χ4v) is 2.49. The molecule has 20 heavy (non-hydrogen) atoms. The maximum absolute atomic E-state index is 10.8. The molecule has 0 amide bonds. The first-order chi connectivity index (χ1) is 9.43. The molecule has 106 valence electrons. The SMILES string of the molecule is Cc1cc(C=O)cc(C)c1OCc1c(C)nn(C)c1Cl. The minimum absolute atomic E-state index is 0.362. The number of aldehydes is 1. The molecular weight excluding hydrogens is 276 g/mol. The summed E-state index contributed by atoms with van der Waals surface area (Å²) in [6, 6.07) is 3.63. The highest BCUT2D eigenvalue weighted by Crippen LogP contribution is 2.27. The molecule has 2 rings (SSSR count). The third-order valence-electron chi connectivity index (χ3n) is 3.25. The Morgan fingerprint density at radius 2 is 1.90 bits per heavy atom. The highest BCUT2D eigenvalue weighted by molar-refractivity contribution is 6.30. The van der Waals surface area contributed by atoms with Crippen LogP contribution in [0.5, 0.6) is 5.75 Å². The highest BCUT2D eigenvalue weighted by Gasteiger charge is 2.13. The molecule has 0 aliphatic heterocycles. The molecule has 1 aromatic carbocycles. The van der Waals surface area contributed by atoms with Crippen LogP contribution >= 0.6 is 11.6 Å². The van der Waals surface area contributed by atoms with Crippen molar-refractivity contribution in [3.05, 3.63) is 45.2 Å². The van der Waals surface area contributed by atoms with Crippen LogP contribution in [-0.2, 0) is 13.7 Å². The summed E-state index contributed by atoms with van der Waals surface area (Å²) < 4.78 is 7.50. The van der Waals surface area contributed by atoms with Crippen molar-refractivity contribution in [2.24, 2.45) is 7.05 Å². The standard InChI is InChI=1S/C15H17ClN2O2/c1-9-5-12(7-19)6-10(2)14(9)20-8-13-11(3)17-18(4)15(13)16/h5-7H,8H2,1-4H3. The smallest absolute Gasteiger partial charge is 0.150 e. The van der Waals surface area contributed by atoms with E-state index in [9.17, 15) is 4.79 Å². The van der Waals surface area contributed by atoms with Crippen molar-refractivity contribution in [3.63, 3.8) is 0 Å². The second-order valence-electron chi connectivity index (χ2n) is 4.87. The molecule has 0 aliphatic rings. The Morgan fingerprint density at radius 1 is 1.30 bits per heavy atom. The number of benzene rings is 1. The topological polar surface area (TPSA) is 44.1 Å². The van der Waals surface area contributed by atoms with E-state index in [-0.39, 0.29) is 0 Å². The van der Waals surface area contributed by atoms with Gasteiger partial charge in [-0.2, -0.15) is 5.10 Å². The molecule has 0 bridgehead atoms. The van der Waals surface area contributed by atoms with Crippen LogP contribution in [-0.4, -0.2) is 16.1 Å². The second-order valence-corrected chi connectivity index (χ2v) is 5.23. The van der Waals surface area contributed by atoms with Gasteiger partial charge in [0.2, 0.25) is 0 Å². The van der Waals surface area contributed by atoms with E-state index in [2.05, 4.69) is 5.10 Å². The number of aromatic nitrogens is 2. The van der Waals surface area contributed by atoms with E-state index in [1.165, 1.54) is 0 Å². The van der Waals surface area contributed by atoms with Gasteiger partial charge in [-0.25, -0.2) is 0 Å². The van der Waals surface area contributed by atoms with Crippen LogP contribution in [0.2, 0.25) is 5.15 Å². The number of hydrogen-bond donors (Lipinski definition) is 0. The van der Waals surface area contributed by atoms with Gasteiger partial charge in [0.25, 0.3) is 0 Å². The average Bonchev–Trinajstić information content (AvgIpc) is 2.63. The Bertz CT molecular complexity index is 639. The van der Waals surface area contributed by atoms with Gasteiger partial charge in [0.05, 0.1) is 5.69 Å². The van der Waals surface area contributed by atoms with Gasteiger partial charge in [-0.1, -0.05) is 11.6 Å². The van der Waals surface area contributed by atoms with Crippen molar-refractivity contribution in [2.45, 2.75) is 27.4 Å². The predicted octanol–water partition coefficient (Wildman–Crippen LogP) is 3.39. The minimum Gasteiger partial charge on any atom is -0.488 e. The molecule has 0 unspecified atom stereocenters. The number of halogens is 1. The van der Waals surface area contributed by atoms with Crippen molar-refractivity contribution in [1.82, 2.24) is 9.78 Å². The third-order valence-corrected chi connectivity index (χ3v) is 3.72. The number of nitrogens with zero attached hydrogens (tertiary/aromatic N) is 2. The molecule has 0 atom stereocenters. The number of carbonyl (C=O) groups is 1. The Balaban J connectivity index is 2.25. The zero-order valence-corrected chi connectivity index (χ0v) is 12.8. The number of carbonyl (C=O) groups excluding carboxylic acids is 1. The Hall–Kier alpha value is -1.81. The molecule has 0 N–H and O–H groups in total. The molecule has 0 fully saturated rings. The van der Waals surface area contributed by atoms with Crippen LogP contribution in [0.3, 0.4) is 0 Å². The first-order valence-corrected chi connectivity index (χ1v) is 6.69. The van der Waals surface area contributed by atoms with Crippen LogP contribution < -0.4 is 4.74 Å². The molecule has 5 heteroatoms. The summed E-state index contributed by atoms with van der Waals surface area (Å²) in [7, 11) is 1.80. The molecular formula is C15H17ClN2O2. The van der Waals surface area contributed by atoms with E-state index >= 15 is 0 Å². The van der Waals surface area contributed by atoms with Crippen molar-refractivity contribution >= 4 is 17.9 Å². The molecule has 1 heterocycles. The highest BCUT2D eigenvalue weighted by atomic mass is 35.5. The largest absolute Gasteiger partial charge is 0.488 e. The molecule has 1 aromatic heterocycles. The van der Waals surface area contributed by atoms with Gasteiger partial charge in [-0.3, -0.25) is 9.48 Å². The first-order valence-electron chi connectivity index (χ1n) is 6.31. The normalized spacial score (nSPS) is 10.7. The lowest BCUT2D eigenvalue weighted by atomic mass is 10.1. The van der Waals surface area contributed by atoms with Crippen molar-refractivity contribution in [3.8, 4) is 5.75 Å². The van der Waals surface area contributed by atoms with Gasteiger partial charge in [0, 0.05) is 18.2 Å². The maximum atomic E-state index is 10.8. The molecule has 0 saturated heterocycles. The lowest BCUT2D eigenvalue weighted by molar-refractivity contribution is 0.112. The fraction of sp³-hybridized carbons (Fsp3) is 0.333. The fourth-order valence-electron chi connectivity index (χ4n) is 2.26. The zero-order valence-electron chi connectivity index (χ0n) is 12.0. The van der Waals surface area contributed by atoms with Crippen molar-refractivity contribution in [1.29, 1.82) is 0 Å². The summed E-state index contributed by atoms with van der Waals surface area (Å²) >= 11 is 6.18. The summed E-state index contributed by atoms with van der Waals surface area (Å²) in [5.74, 6) is 0.787. The molecule has 2 aromatic rings. The quantitative estimate of drug-likeness (QED) is 0.811. The van der Waals surface area contributed by atoms with E-state index in [0.717, 1.165) is 34.4 Å². The number of ether oxygens (including phenoxy) is 1. The summed E-state index contributed by atoms with van der Waals surface area (Å²) in [5.41, 5.74) is 4.27. The Labute approximate surface area is 123 Å².